The van der Waals surface area contributed by atoms with Crippen molar-refractivity contribution in [3.63, 3.8) is 0 Å². The summed E-state index contributed by atoms with van der Waals surface area (Å²) in [7, 11) is 3.03. The van der Waals surface area contributed by atoms with Crippen LogP contribution in [0.5, 0.6) is 0 Å². The van der Waals surface area contributed by atoms with Crippen LogP contribution in [0.2, 0.25) is 0 Å². The second-order valence-corrected chi connectivity index (χ2v) is 2.28. The summed E-state index contributed by atoms with van der Waals surface area (Å²) in [5, 5.41) is 7.25. The highest BCUT2D eigenvalue weighted by atomic mass is 16.5. The maximum absolute atomic E-state index is 10.9. The van der Waals surface area contributed by atoms with E-state index in [1.807, 2.05) is 27.7 Å². The Balaban J connectivity index is -0.000000439. The fourth-order valence-corrected chi connectivity index (χ4v) is 0.604. The summed E-state index contributed by atoms with van der Waals surface area (Å²) >= 11 is 0. The first kappa shape index (κ1) is 21.0. The molecule has 6 nitrogen and oxygen atoms in total. The third-order valence-electron chi connectivity index (χ3n) is 1.26. The van der Waals surface area contributed by atoms with Crippen LogP contribution in [0.3, 0.4) is 0 Å². The van der Waals surface area contributed by atoms with Gasteiger partial charge in [0.05, 0.1) is 13.2 Å². The molecule has 17 heavy (non-hydrogen) atoms. The van der Waals surface area contributed by atoms with Gasteiger partial charge in [-0.3, -0.25) is 4.79 Å². The fraction of sp³-hybridized carbons (Fsp3) is 0.818. The Labute approximate surface area is 104 Å². The first-order chi connectivity index (χ1) is 8.20. The van der Waals surface area contributed by atoms with Gasteiger partial charge in [-0.05, 0) is 0 Å². The van der Waals surface area contributed by atoms with Gasteiger partial charge in [-0.25, -0.2) is 4.79 Å². The zero-order chi connectivity index (χ0) is 14.1. The summed E-state index contributed by atoms with van der Waals surface area (Å²) in [6.45, 7) is 8.89. The number of nitrogens with one attached hydrogen (secondary N) is 3. The number of carbonyl (C=O) groups is 2. The highest BCUT2D eigenvalue weighted by Gasteiger charge is 2.01. The number of amides is 3. The van der Waals surface area contributed by atoms with Crippen LogP contribution < -0.4 is 16.0 Å². The second-order valence-electron chi connectivity index (χ2n) is 2.28. The van der Waals surface area contributed by atoms with Crippen LogP contribution in [-0.4, -0.2) is 45.8 Å². The normalized spacial score (nSPS) is 7.65. The zero-order valence-corrected chi connectivity index (χ0v) is 11.8. The van der Waals surface area contributed by atoms with E-state index in [9.17, 15) is 9.59 Å². The lowest BCUT2D eigenvalue weighted by Crippen LogP contribution is -2.41. The van der Waals surface area contributed by atoms with Gasteiger partial charge in [0.2, 0.25) is 5.91 Å². The first-order valence-corrected chi connectivity index (χ1v) is 5.92. The van der Waals surface area contributed by atoms with Gasteiger partial charge < -0.3 is 20.7 Å². The molecule has 0 unspecified atom stereocenters. The van der Waals surface area contributed by atoms with Gasteiger partial charge in [-0.1, -0.05) is 27.7 Å². The SMILES string of the molecule is CC.CC.CNC(=O)NCC(=O)NCCOC. The smallest absolute Gasteiger partial charge is 0.314 e. The molecular weight excluding hydrogens is 222 g/mol. The molecule has 0 aromatic heterocycles. The van der Waals surface area contributed by atoms with Gasteiger partial charge in [-0.15, -0.1) is 0 Å². The standard InChI is InChI=1S/C7H15N3O3.2C2H6/c1-8-7(12)10-5-6(11)9-3-4-13-2;2*1-2/h3-5H2,1-2H3,(H,9,11)(H2,8,10,12);2*1-2H3. The molecule has 0 radical (unpaired) electrons. The van der Waals surface area contributed by atoms with E-state index in [0.29, 0.717) is 13.2 Å². The number of ether oxygens (including phenoxy) is 1. The molecule has 0 saturated heterocycles. The number of carbonyl (C=O) groups excluding carboxylic acids is 2. The number of rotatable bonds is 5. The Hall–Kier alpha value is -1.30. The van der Waals surface area contributed by atoms with Gasteiger partial charge in [0.1, 0.15) is 0 Å². The highest BCUT2D eigenvalue weighted by Crippen LogP contribution is 1.67. The van der Waals surface area contributed by atoms with Crippen molar-refractivity contribution in [3.8, 4) is 0 Å². The quantitative estimate of drug-likeness (QED) is 0.628. The molecule has 0 heterocycles. The molecule has 0 fully saturated rings. The van der Waals surface area contributed by atoms with Gasteiger partial charge in [0.25, 0.3) is 0 Å². The van der Waals surface area contributed by atoms with Gasteiger partial charge in [0, 0.05) is 20.7 Å². The van der Waals surface area contributed by atoms with E-state index in [1.165, 1.54) is 7.05 Å². The Morgan fingerprint density at radius 3 is 2.00 bits per heavy atom. The van der Waals surface area contributed by atoms with Gasteiger partial charge in [-0.2, -0.15) is 0 Å². The van der Waals surface area contributed by atoms with Crippen LogP contribution in [0.25, 0.3) is 0 Å². The molecule has 0 aromatic rings. The van der Waals surface area contributed by atoms with Crippen LogP contribution in [-0.2, 0) is 9.53 Å². The summed E-state index contributed by atoms with van der Waals surface area (Å²) in [5.41, 5.74) is 0. The van der Waals surface area contributed by atoms with E-state index in [0.717, 1.165) is 0 Å². The number of hydrogen-bond donors (Lipinski definition) is 3. The lowest BCUT2D eigenvalue weighted by atomic mass is 10.5. The van der Waals surface area contributed by atoms with Crippen molar-refractivity contribution >= 4 is 11.9 Å². The molecule has 6 heteroatoms. The Morgan fingerprint density at radius 2 is 1.59 bits per heavy atom. The molecule has 3 N–H and O–H groups in total. The van der Waals surface area contributed by atoms with Crippen molar-refractivity contribution in [2.24, 2.45) is 0 Å². The number of methoxy groups -OCH3 is 1. The molecular formula is C11H27N3O3. The molecule has 0 aromatic carbocycles. The predicted molar refractivity (Wildman–Crippen MR) is 70.0 cm³/mol. The Morgan fingerprint density at radius 1 is 1.06 bits per heavy atom. The minimum atomic E-state index is -0.373. The average molecular weight is 249 g/mol. The van der Waals surface area contributed by atoms with E-state index in [4.69, 9.17) is 4.74 Å². The van der Waals surface area contributed by atoms with Crippen molar-refractivity contribution in [1.29, 1.82) is 0 Å². The minimum Gasteiger partial charge on any atom is -0.383 e. The van der Waals surface area contributed by atoms with Crippen molar-refractivity contribution in [1.82, 2.24) is 16.0 Å². The lowest BCUT2D eigenvalue weighted by Gasteiger charge is -2.05. The van der Waals surface area contributed by atoms with E-state index >= 15 is 0 Å². The van der Waals surface area contributed by atoms with Crippen LogP contribution >= 0.6 is 0 Å². The Bertz CT molecular complexity index is 175. The molecule has 0 aliphatic heterocycles. The first-order valence-electron chi connectivity index (χ1n) is 5.92. The largest absolute Gasteiger partial charge is 0.383 e. The molecule has 0 atom stereocenters. The second kappa shape index (κ2) is 20.2. The van der Waals surface area contributed by atoms with Crippen molar-refractivity contribution < 1.29 is 14.3 Å². The average Bonchev–Trinajstić information content (AvgIpc) is 2.41. The van der Waals surface area contributed by atoms with E-state index < -0.39 is 0 Å². The number of urea groups is 1. The van der Waals surface area contributed by atoms with E-state index in [1.54, 1.807) is 7.11 Å². The van der Waals surface area contributed by atoms with Crippen LogP contribution in [0.15, 0.2) is 0 Å². The minimum absolute atomic E-state index is 0.0244. The van der Waals surface area contributed by atoms with Crippen LogP contribution in [0, 0.1) is 0 Å². The maximum Gasteiger partial charge on any atom is 0.314 e. The topological polar surface area (TPSA) is 79.5 Å². The summed E-state index contributed by atoms with van der Waals surface area (Å²) in [6, 6.07) is -0.373. The summed E-state index contributed by atoms with van der Waals surface area (Å²) in [4.78, 5) is 21.5. The number of hydrogen-bond acceptors (Lipinski definition) is 3. The third kappa shape index (κ3) is 20.7. The summed E-state index contributed by atoms with van der Waals surface area (Å²) in [6.07, 6.45) is 0. The molecule has 0 aliphatic carbocycles. The molecule has 3 amide bonds. The monoisotopic (exact) mass is 249 g/mol. The summed E-state index contributed by atoms with van der Waals surface area (Å²) < 4.78 is 4.72. The maximum atomic E-state index is 10.9. The molecule has 0 spiro atoms. The third-order valence-corrected chi connectivity index (χ3v) is 1.26. The fourth-order valence-electron chi connectivity index (χ4n) is 0.604. The molecule has 0 bridgehead atoms. The highest BCUT2D eigenvalue weighted by molar-refractivity contribution is 5.83. The lowest BCUT2D eigenvalue weighted by molar-refractivity contribution is -0.120. The van der Waals surface area contributed by atoms with Crippen molar-refractivity contribution in [2.75, 3.05) is 33.9 Å². The predicted octanol–water partition coefficient (Wildman–Crippen LogP) is 0.730. The van der Waals surface area contributed by atoms with Gasteiger partial charge in [0.15, 0.2) is 0 Å². The molecule has 0 rings (SSSR count). The van der Waals surface area contributed by atoms with Crippen LogP contribution in [0.4, 0.5) is 4.79 Å². The van der Waals surface area contributed by atoms with Gasteiger partial charge >= 0.3 is 6.03 Å². The Kier molecular flexibility index (Phi) is 24.9. The molecule has 0 saturated carbocycles. The van der Waals surface area contributed by atoms with Crippen molar-refractivity contribution in [3.05, 3.63) is 0 Å². The van der Waals surface area contributed by atoms with E-state index in [2.05, 4.69) is 16.0 Å². The molecule has 0 aliphatic rings. The molecule has 104 valence electrons. The van der Waals surface area contributed by atoms with Crippen LogP contribution in [0.1, 0.15) is 27.7 Å². The zero-order valence-electron chi connectivity index (χ0n) is 11.8. The summed E-state index contributed by atoms with van der Waals surface area (Å²) in [5.74, 6) is -0.236. The van der Waals surface area contributed by atoms with Crippen molar-refractivity contribution in [2.45, 2.75) is 27.7 Å². The van der Waals surface area contributed by atoms with E-state index in [-0.39, 0.29) is 18.5 Å².